The van der Waals surface area contributed by atoms with Crippen molar-refractivity contribution in [2.45, 2.75) is 25.9 Å². The fraction of sp³-hybridized carbons (Fsp3) is 0.667. The van der Waals surface area contributed by atoms with Gasteiger partial charge in [0.05, 0.1) is 19.3 Å². The van der Waals surface area contributed by atoms with Gasteiger partial charge in [-0.3, -0.25) is 0 Å². The number of aromatic nitrogens is 1. The zero-order chi connectivity index (χ0) is 9.52. The highest BCUT2D eigenvalue weighted by Crippen LogP contribution is 1.98. The van der Waals surface area contributed by atoms with Crippen LogP contribution < -0.4 is 5.32 Å². The predicted molar refractivity (Wildman–Crippen MR) is 49.3 cm³/mol. The summed E-state index contributed by atoms with van der Waals surface area (Å²) in [6.45, 7) is 3.56. The third-order valence-electron chi connectivity index (χ3n) is 1.92. The van der Waals surface area contributed by atoms with Crippen LogP contribution in [0.3, 0.4) is 0 Å². The molecule has 0 bridgehead atoms. The Balaban J connectivity index is 2.23. The molecule has 0 radical (unpaired) electrons. The molecule has 0 saturated carbocycles. The molecule has 1 aromatic heterocycles. The molecular weight excluding hydrogens is 168 g/mol. The maximum absolute atomic E-state index is 5.06. The van der Waals surface area contributed by atoms with Gasteiger partial charge in [0.2, 0.25) is 0 Å². The largest absolute Gasteiger partial charge is 0.383 e. The molecule has 0 aliphatic heterocycles. The van der Waals surface area contributed by atoms with Crippen molar-refractivity contribution in [2.24, 2.45) is 0 Å². The van der Waals surface area contributed by atoms with Crippen LogP contribution in [0.15, 0.2) is 16.8 Å². The van der Waals surface area contributed by atoms with Gasteiger partial charge in [0, 0.05) is 19.2 Å². The van der Waals surface area contributed by atoms with Gasteiger partial charge in [0.1, 0.15) is 5.76 Å². The highest BCUT2D eigenvalue weighted by molar-refractivity contribution is 4.92. The Bertz CT molecular complexity index is 211. The first-order valence-corrected chi connectivity index (χ1v) is 4.48. The molecule has 74 valence electrons. The van der Waals surface area contributed by atoms with Crippen LogP contribution in [0.1, 0.15) is 19.1 Å². The van der Waals surface area contributed by atoms with Gasteiger partial charge in [-0.2, -0.15) is 0 Å². The van der Waals surface area contributed by atoms with Gasteiger partial charge in [-0.25, -0.2) is 0 Å². The Morgan fingerprint density at radius 1 is 1.69 bits per heavy atom. The Kier molecular flexibility index (Phi) is 4.49. The highest BCUT2D eigenvalue weighted by Gasteiger charge is 2.05. The first-order chi connectivity index (χ1) is 6.36. The van der Waals surface area contributed by atoms with E-state index in [9.17, 15) is 0 Å². The van der Waals surface area contributed by atoms with E-state index in [-0.39, 0.29) is 0 Å². The van der Waals surface area contributed by atoms with E-state index < -0.39 is 0 Å². The van der Waals surface area contributed by atoms with E-state index in [2.05, 4.69) is 17.4 Å². The lowest BCUT2D eigenvalue weighted by Crippen LogP contribution is -2.31. The van der Waals surface area contributed by atoms with Gasteiger partial charge < -0.3 is 14.6 Å². The Morgan fingerprint density at radius 2 is 2.54 bits per heavy atom. The normalized spacial score (nSPS) is 13.1. The van der Waals surface area contributed by atoms with Crippen LogP contribution in [0.2, 0.25) is 0 Å². The average molecular weight is 184 g/mol. The molecule has 1 unspecified atom stereocenters. The predicted octanol–water partition coefficient (Wildman–Crippen LogP) is 1.19. The van der Waals surface area contributed by atoms with Crippen molar-refractivity contribution in [3.63, 3.8) is 0 Å². The smallest absolute Gasteiger partial charge is 0.150 e. The molecule has 0 aliphatic rings. The maximum Gasteiger partial charge on any atom is 0.150 e. The van der Waals surface area contributed by atoms with Gasteiger partial charge in [-0.1, -0.05) is 12.1 Å². The summed E-state index contributed by atoms with van der Waals surface area (Å²) >= 11 is 0. The average Bonchev–Trinajstić information content (AvgIpc) is 2.64. The molecule has 1 rings (SSSR count). The van der Waals surface area contributed by atoms with Gasteiger partial charge in [-0.15, -0.1) is 0 Å². The molecule has 4 nitrogen and oxygen atoms in total. The number of hydrogen-bond acceptors (Lipinski definition) is 4. The van der Waals surface area contributed by atoms with Crippen molar-refractivity contribution < 1.29 is 9.26 Å². The molecule has 4 heteroatoms. The third-order valence-corrected chi connectivity index (χ3v) is 1.92. The maximum atomic E-state index is 5.06. The summed E-state index contributed by atoms with van der Waals surface area (Å²) in [5, 5.41) is 6.94. The second-order valence-electron chi connectivity index (χ2n) is 2.92. The van der Waals surface area contributed by atoms with Crippen LogP contribution in [-0.4, -0.2) is 24.9 Å². The standard InChI is InChI=1S/C9H16N2O2/c1-3-8(7-12-2)10-6-9-4-5-11-13-9/h4-5,8,10H,3,6-7H2,1-2H3. The fourth-order valence-corrected chi connectivity index (χ4v) is 1.10. The summed E-state index contributed by atoms with van der Waals surface area (Å²) in [7, 11) is 1.71. The zero-order valence-electron chi connectivity index (χ0n) is 8.12. The summed E-state index contributed by atoms with van der Waals surface area (Å²) < 4.78 is 10.0. The molecule has 1 heterocycles. The zero-order valence-corrected chi connectivity index (χ0v) is 8.12. The van der Waals surface area contributed by atoms with Crippen molar-refractivity contribution >= 4 is 0 Å². The number of hydrogen-bond donors (Lipinski definition) is 1. The number of nitrogens with zero attached hydrogens (tertiary/aromatic N) is 1. The summed E-state index contributed by atoms with van der Waals surface area (Å²) in [5.74, 6) is 0.856. The second kappa shape index (κ2) is 5.72. The molecule has 1 atom stereocenters. The van der Waals surface area contributed by atoms with Gasteiger partial charge >= 0.3 is 0 Å². The van der Waals surface area contributed by atoms with E-state index in [1.54, 1.807) is 13.3 Å². The minimum absolute atomic E-state index is 0.384. The molecule has 0 saturated heterocycles. The van der Waals surface area contributed by atoms with Crippen molar-refractivity contribution in [1.29, 1.82) is 0 Å². The molecule has 0 fully saturated rings. The Morgan fingerprint density at radius 3 is 3.08 bits per heavy atom. The first-order valence-electron chi connectivity index (χ1n) is 4.48. The van der Waals surface area contributed by atoms with E-state index in [1.807, 2.05) is 6.07 Å². The topological polar surface area (TPSA) is 47.3 Å². The molecule has 0 aliphatic carbocycles. The second-order valence-corrected chi connectivity index (χ2v) is 2.92. The van der Waals surface area contributed by atoms with Gasteiger partial charge in [0.25, 0.3) is 0 Å². The van der Waals surface area contributed by atoms with E-state index >= 15 is 0 Å². The summed E-state index contributed by atoms with van der Waals surface area (Å²) in [5.41, 5.74) is 0. The first kappa shape index (κ1) is 10.2. The van der Waals surface area contributed by atoms with Crippen LogP contribution in [0.25, 0.3) is 0 Å². The number of nitrogens with one attached hydrogen (secondary N) is 1. The van der Waals surface area contributed by atoms with Crippen molar-refractivity contribution in [2.75, 3.05) is 13.7 Å². The molecule has 1 N–H and O–H groups in total. The minimum atomic E-state index is 0.384. The summed E-state index contributed by atoms with van der Waals surface area (Å²) in [4.78, 5) is 0. The lowest BCUT2D eigenvalue weighted by Gasteiger charge is -2.14. The molecule has 0 aromatic carbocycles. The Labute approximate surface area is 78.2 Å². The summed E-state index contributed by atoms with van der Waals surface area (Å²) in [6.07, 6.45) is 2.69. The lowest BCUT2D eigenvalue weighted by atomic mass is 10.2. The van der Waals surface area contributed by atoms with Crippen molar-refractivity contribution in [1.82, 2.24) is 10.5 Å². The highest BCUT2D eigenvalue weighted by atomic mass is 16.5. The molecular formula is C9H16N2O2. The van der Waals surface area contributed by atoms with Crippen LogP contribution in [0.4, 0.5) is 0 Å². The number of methoxy groups -OCH3 is 1. The van der Waals surface area contributed by atoms with E-state index in [4.69, 9.17) is 9.26 Å². The number of rotatable bonds is 6. The lowest BCUT2D eigenvalue weighted by molar-refractivity contribution is 0.162. The van der Waals surface area contributed by atoms with E-state index in [1.165, 1.54) is 0 Å². The van der Waals surface area contributed by atoms with E-state index in [0.29, 0.717) is 12.6 Å². The quantitative estimate of drug-likeness (QED) is 0.721. The third kappa shape index (κ3) is 3.57. The van der Waals surface area contributed by atoms with Crippen LogP contribution >= 0.6 is 0 Å². The molecule has 0 spiro atoms. The van der Waals surface area contributed by atoms with Crippen LogP contribution in [0, 0.1) is 0 Å². The van der Waals surface area contributed by atoms with Gasteiger partial charge in [0.15, 0.2) is 0 Å². The summed E-state index contributed by atoms with van der Waals surface area (Å²) in [6, 6.07) is 2.24. The Hall–Kier alpha value is -0.870. The number of ether oxygens (including phenoxy) is 1. The van der Waals surface area contributed by atoms with Crippen molar-refractivity contribution in [3.8, 4) is 0 Å². The fourth-order valence-electron chi connectivity index (χ4n) is 1.10. The molecule has 13 heavy (non-hydrogen) atoms. The van der Waals surface area contributed by atoms with Crippen LogP contribution in [0.5, 0.6) is 0 Å². The minimum Gasteiger partial charge on any atom is -0.383 e. The SMILES string of the molecule is CCC(COC)NCc1ccno1. The molecule has 1 aromatic rings. The van der Waals surface area contributed by atoms with E-state index in [0.717, 1.165) is 18.8 Å². The van der Waals surface area contributed by atoms with Crippen molar-refractivity contribution in [3.05, 3.63) is 18.0 Å². The monoisotopic (exact) mass is 184 g/mol. The van der Waals surface area contributed by atoms with Gasteiger partial charge in [-0.05, 0) is 6.42 Å². The molecule has 0 amide bonds. The van der Waals surface area contributed by atoms with Crippen LogP contribution in [-0.2, 0) is 11.3 Å².